The van der Waals surface area contributed by atoms with E-state index in [1.807, 2.05) is 9.80 Å². The molecule has 5 nitrogen and oxygen atoms in total. The first-order valence-electron chi connectivity index (χ1n) is 7.44. The Labute approximate surface area is 123 Å². The van der Waals surface area contributed by atoms with Crippen LogP contribution in [0.3, 0.4) is 0 Å². The second-order valence-electron chi connectivity index (χ2n) is 6.11. The maximum atomic E-state index is 12.8. The molecule has 0 aromatic heterocycles. The normalized spacial score (nSPS) is 33.2. The lowest BCUT2D eigenvalue weighted by atomic mass is 9.91. The van der Waals surface area contributed by atoms with Crippen molar-refractivity contribution in [2.75, 3.05) is 18.9 Å². The molecule has 0 aromatic carbocycles. The van der Waals surface area contributed by atoms with Crippen LogP contribution in [0.25, 0.3) is 0 Å². The lowest BCUT2D eigenvalue weighted by molar-refractivity contribution is -0.147. The van der Waals surface area contributed by atoms with Gasteiger partial charge in [-0.3, -0.25) is 9.59 Å². The van der Waals surface area contributed by atoms with Gasteiger partial charge in [0, 0.05) is 24.8 Å². The van der Waals surface area contributed by atoms with Crippen LogP contribution in [0.4, 0.5) is 0 Å². The SMILES string of the molecule is CC12CCC(=O)N1C(C(=O)N(CCO)C1CCC1)CS2. The number of carbonyl (C=O) groups is 2. The summed E-state index contributed by atoms with van der Waals surface area (Å²) in [4.78, 5) is 28.3. The summed E-state index contributed by atoms with van der Waals surface area (Å²) < 4.78 is 0. The van der Waals surface area contributed by atoms with E-state index in [-0.39, 0.29) is 35.4 Å². The molecule has 1 N–H and O–H groups in total. The summed E-state index contributed by atoms with van der Waals surface area (Å²) in [5.41, 5.74) is 0. The van der Waals surface area contributed by atoms with Gasteiger partial charge in [-0.25, -0.2) is 0 Å². The van der Waals surface area contributed by atoms with Crippen molar-refractivity contribution in [2.45, 2.75) is 56.0 Å². The third kappa shape index (κ3) is 2.13. The second-order valence-corrected chi connectivity index (χ2v) is 7.61. The van der Waals surface area contributed by atoms with Crippen molar-refractivity contribution < 1.29 is 14.7 Å². The van der Waals surface area contributed by atoms with Gasteiger partial charge >= 0.3 is 0 Å². The Bertz CT molecular complexity index is 427. The van der Waals surface area contributed by atoms with Crippen LogP contribution in [0, 0.1) is 0 Å². The van der Waals surface area contributed by atoms with E-state index >= 15 is 0 Å². The minimum Gasteiger partial charge on any atom is -0.395 e. The second kappa shape index (κ2) is 5.22. The van der Waals surface area contributed by atoms with E-state index in [0.717, 1.165) is 25.7 Å². The maximum absolute atomic E-state index is 12.8. The van der Waals surface area contributed by atoms with E-state index in [1.165, 1.54) is 0 Å². The fourth-order valence-corrected chi connectivity index (χ4v) is 4.90. The molecule has 1 saturated carbocycles. The summed E-state index contributed by atoms with van der Waals surface area (Å²) in [7, 11) is 0. The highest BCUT2D eigenvalue weighted by atomic mass is 32.2. The summed E-state index contributed by atoms with van der Waals surface area (Å²) in [5, 5.41) is 9.21. The summed E-state index contributed by atoms with van der Waals surface area (Å²) >= 11 is 1.72. The largest absolute Gasteiger partial charge is 0.395 e. The molecule has 1 aliphatic carbocycles. The van der Waals surface area contributed by atoms with Crippen molar-refractivity contribution in [3.05, 3.63) is 0 Å². The summed E-state index contributed by atoms with van der Waals surface area (Å²) in [6, 6.07) is -0.0589. The van der Waals surface area contributed by atoms with Gasteiger partial charge < -0.3 is 14.9 Å². The summed E-state index contributed by atoms with van der Waals surface area (Å²) in [6.07, 6.45) is 4.59. The molecule has 2 aliphatic heterocycles. The molecular formula is C14H22N2O3S. The Kier molecular flexibility index (Phi) is 3.71. The van der Waals surface area contributed by atoms with E-state index < -0.39 is 0 Å². The number of rotatable bonds is 4. The van der Waals surface area contributed by atoms with Gasteiger partial charge in [0.15, 0.2) is 0 Å². The van der Waals surface area contributed by atoms with E-state index in [1.54, 1.807) is 11.8 Å². The first-order valence-corrected chi connectivity index (χ1v) is 8.43. The molecule has 2 amide bonds. The number of amides is 2. The van der Waals surface area contributed by atoms with E-state index in [0.29, 0.717) is 18.7 Å². The van der Waals surface area contributed by atoms with Crippen LogP contribution in [0.1, 0.15) is 39.0 Å². The Morgan fingerprint density at radius 1 is 1.55 bits per heavy atom. The zero-order valence-electron chi connectivity index (χ0n) is 11.9. The fourth-order valence-electron chi connectivity index (χ4n) is 3.47. The van der Waals surface area contributed by atoms with E-state index in [4.69, 9.17) is 0 Å². The standard InChI is InChI=1S/C14H22N2O3S/c1-14-6-5-12(18)16(14)11(9-20-14)13(19)15(7-8-17)10-3-2-4-10/h10-11,17H,2-9H2,1H3. The summed E-state index contributed by atoms with van der Waals surface area (Å²) in [6.45, 7) is 2.45. The van der Waals surface area contributed by atoms with Crippen LogP contribution in [0.15, 0.2) is 0 Å². The van der Waals surface area contributed by atoms with Gasteiger partial charge in [-0.2, -0.15) is 0 Å². The highest BCUT2D eigenvalue weighted by Gasteiger charge is 2.54. The molecule has 0 aromatic rings. The number of aliphatic hydroxyl groups is 1. The zero-order chi connectivity index (χ0) is 14.3. The highest BCUT2D eigenvalue weighted by Crippen LogP contribution is 2.47. The number of nitrogens with zero attached hydrogens (tertiary/aromatic N) is 2. The lowest BCUT2D eigenvalue weighted by Gasteiger charge is -2.40. The van der Waals surface area contributed by atoms with Gasteiger partial charge in [-0.05, 0) is 32.6 Å². The predicted molar refractivity (Wildman–Crippen MR) is 77.2 cm³/mol. The molecule has 2 saturated heterocycles. The average molecular weight is 298 g/mol. The number of carbonyl (C=O) groups excluding carboxylic acids is 2. The van der Waals surface area contributed by atoms with Crippen molar-refractivity contribution in [1.29, 1.82) is 0 Å². The quantitative estimate of drug-likeness (QED) is 0.834. The van der Waals surface area contributed by atoms with Crippen LogP contribution in [0.2, 0.25) is 0 Å². The van der Waals surface area contributed by atoms with Gasteiger partial charge in [0.2, 0.25) is 11.8 Å². The maximum Gasteiger partial charge on any atom is 0.246 e. The van der Waals surface area contributed by atoms with Gasteiger partial charge in [-0.1, -0.05) is 0 Å². The van der Waals surface area contributed by atoms with Crippen molar-refractivity contribution in [3.63, 3.8) is 0 Å². The minimum atomic E-state index is -0.327. The Balaban J connectivity index is 1.77. The Morgan fingerprint density at radius 2 is 2.30 bits per heavy atom. The fraction of sp³-hybridized carbons (Fsp3) is 0.857. The molecule has 20 heavy (non-hydrogen) atoms. The highest BCUT2D eigenvalue weighted by molar-refractivity contribution is 8.01. The van der Waals surface area contributed by atoms with Crippen LogP contribution in [-0.4, -0.2) is 62.6 Å². The lowest BCUT2D eigenvalue weighted by Crippen LogP contribution is -2.55. The van der Waals surface area contributed by atoms with Crippen molar-refractivity contribution >= 4 is 23.6 Å². The van der Waals surface area contributed by atoms with Gasteiger partial charge in [-0.15, -0.1) is 11.8 Å². The first kappa shape index (κ1) is 14.2. The summed E-state index contributed by atoms with van der Waals surface area (Å²) in [5.74, 6) is 0.832. The van der Waals surface area contributed by atoms with Crippen molar-refractivity contribution in [1.82, 2.24) is 9.80 Å². The van der Waals surface area contributed by atoms with Gasteiger partial charge in [0.25, 0.3) is 0 Å². The molecule has 0 spiro atoms. The monoisotopic (exact) mass is 298 g/mol. The molecule has 3 aliphatic rings. The average Bonchev–Trinajstić information content (AvgIpc) is 2.84. The molecule has 0 bridgehead atoms. The van der Waals surface area contributed by atoms with E-state index in [9.17, 15) is 14.7 Å². The Hall–Kier alpha value is -0.750. The number of thioether (sulfide) groups is 1. The molecule has 2 atom stereocenters. The van der Waals surface area contributed by atoms with E-state index in [2.05, 4.69) is 6.92 Å². The zero-order valence-corrected chi connectivity index (χ0v) is 12.7. The van der Waals surface area contributed by atoms with Crippen molar-refractivity contribution in [3.8, 4) is 0 Å². The molecule has 3 fully saturated rings. The number of aliphatic hydroxyl groups excluding tert-OH is 1. The van der Waals surface area contributed by atoms with Crippen molar-refractivity contribution in [2.24, 2.45) is 0 Å². The van der Waals surface area contributed by atoms with Crippen LogP contribution in [-0.2, 0) is 9.59 Å². The molecule has 2 unspecified atom stereocenters. The molecule has 2 heterocycles. The molecule has 112 valence electrons. The smallest absolute Gasteiger partial charge is 0.246 e. The number of hydrogen-bond donors (Lipinski definition) is 1. The molecule has 3 rings (SSSR count). The third-order valence-electron chi connectivity index (χ3n) is 4.87. The number of hydrogen-bond acceptors (Lipinski definition) is 4. The first-order chi connectivity index (χ1) is 9.57. The van der Waals surface area contributed by atoms with Gasteiger partial charge in [0.05, 0.1) is 11.5 Å². The Morgan fingerprint density at radius 3 is 2.90 bits per heavy atom. The molecule has 0 radical (unpaired) electrons. The molecule has 6 heteroatoms. The third-order valence-corrected chi connectivity index (χ3v) is 6.37. The van der Waals surface area contributed by atoms with Crippen LogP contribution >= 0.6 is 11.8 Å². The number of fused-ring (bicyclic) bond motifs is 1. The van der Waals surface area contributed by atoms with Crippen LogP contribution < -0.4 is 0 Å². The topological polar surface area (TPSA) is 60.9 Å². The minimum absolute atomic E-state index is 0.00663. The van der Waals surface area contributed by atoms with Crippen LogP contribution in [0.5, 0.6) is 0 Å². The van der Waals surface area contributed by atoms with Gasteiger partial charge in [0.1, 0.15) is 6.04 Å². The molecular weight excluding hydrogens is 276 g/mol. The predicted octanol–water partition coefficient (Wildman–Crippen LogP) is 0.814.